The van der Waals surface area contributed by atoms with E-state index in [2.05, 4.69) is 20.2 Å². The van der Waals surface area contributed by atoms with E-state index < -0.39 is 0 Å². The van der Waals surface area contributed by atoms with Gasteiger partial charge in [-0.05, 0) is 25.1 Å². The maximum Gasteiger partial charge on any atom is 0.222 e. The molecule has 1 N–H and O–H groups in total. The minimum atomic E-state index is 0.547. The van der Waals surface area contributed by atoms with Crippen molar-refractivity contribution in [1.29, 1.82) is 0 Å². The van der Waals surface area contributed by atoms with Crippen molar-refractivity contribution < 1.29 is 4.74 Å². The molecule has 0 atom stereocenters. The van der Waals surface area contributed by atoms with Crippen molar-refractivity contribution in [2.45, 2.75) is 6.92 Å². The van der Waals surface area contributed by atoms with Crippen molar-refractivity contribution >= 4 is 22.6 Å². The zero-order valence-electron chi connectivity index (χ0n) is 10.2. The summed E-state index contributed by atoms with van der Waals surface area (Å²) < 4.78 is 5.51. The predicted molar refractivity (Wildman–Crippen MR) is 73.3 cm³/mol. The average molecular weight is 275 g/mol. The summed E-state index contributed by atoms with van der Waals surface area (Å²) in [4.78, 5) is 8.72. The molecule has 0 amide bonds. The van der Waals surface area contributed by atoms with Crippen LogP contribution in [0, 0.1) is 0 Å². The molecule has 0 saturated heterocycles. The van der Waals surface area contributed by atoms with Crippen LogP contribution in [0.2, 0.25) is 5.02 Å². The fourth-order valence-corrected chi connectivity index (χ4v) is 2.11. The standard InChI is InChI=1S/C13H11ClN4O/c1-2-19-13-8(4-3-5-15-13)10-6-9(14)12-11(17-10)7-16-18-12/h3-7H,2H2,1H3,(H,16,18). The Morgan fingerprint density at radius 3 is 3.16 bits per heavy atom. The second-order valence-corrected chi connectivity index (χ2v) is 4.32. The number of pyridine rings is 2. The zero-order chi connectivity index (χ0) is 13.2. The molecule has 0 radical (unpaired) electrons. The molecule has 0 aliphatic carbocycles. The number of rotatable bonds is 3. The lowest BCUT2D eigenvalue weighted by molar-refractivity contribution is 0.328. The van der Waals surface area contributed by atoms with Gasteiger partial charge in [-0.3, -0.25) is 5.10 Å². The highest BCUT2D eigenvalue weighted by Gasteiger charge is 2.12. The van der Waals surface area contributed by atoms with Gasteiger partial charge in [0.05, 0.1) is 29.1 Å². The van der Waals surface area contributed by atoms with E-state index in [-0.39, 0.29) is 0 Å². The molecule has 0 aromatic carbocycles. The SMILES string of the molecule is CCOc1ncccc1-c1cc(Cl)c2[nH]ncc2n1. The number of aromatic amines is 1. The molecule has 5 nitrogen and oxygen atoms in total. The van der Waals surface area contributed by atoms with Gasteiger partial charge in [-0.2, -0.15) is 5.10 Å². The summed E-state index contributed by atoms with van der Waals surface area (Å²) in [5.74, 6) is 0.552. The molecule has 0 bridgehead atoms. The molecule has 3 aromatic heterocycles. The van der Waals surface area contributed by atoms with Crippen LogP contribution in [-0.2, 0) is 0 Å². The summed E-state index contributed by atoms with van der Waals surface area (Å²) in [6, 6.07) is 5.52. The fourth-order valence-electron chi connectivity index (χ4n) is 1.87. The number of nitrogens with zero attached hydrogens (tertiary/aromatic N) is 3. The molecule has 3 heterocycles. The first kappa shape index (κ1) is 11.9. The van der Waals surface area contributed by atoms with Crippen molar-refractivity contribution in [1.82, 2.24) is 20.2 Å². The van der Waals surface area contributed by atoms with Gasteiger partial charge in [-0.25, -0.2) is 9.97 Å². The van der Waals surface area contributed by atoms with E-state index in [4.69, 9.17) is 16.3 Å². The number of halogens is 1. The van der Waals surface area contributed by atoms with Gasteiger partial charge in [0.15, 0.2) is 0 Å². The number of ether oxygens (including phenoxy) is 1. The Kier molecular flexibility index (Phi) is 3.05. The van der Waals surface area contributed by atoms with Crippen LogP contribution >= 0.6 is 11.6 Å². The van der Waals surface area contributed by atoms with E-state index >= 15 is 0 Å². The van der Waals surface area contributed by atoms with Crippen LogP contribution < -0.4 is 4.74 Å². The molecule has 0 unspecified atom stereocenters. The van der Waals surface area contributed by atoms with Crippen molar-refractivity contribution in [3.05, 3.63) is 35.6 Å². The van der Waals surface area contributed by atoms with Crippen LogP contribution in [0.1, 0.15) is 6.92 Å². The number of aromatic nitrogens is 4. The Labute approximate surface area is 114 Å². The number of H-pyrrole nitrogens is 1. The molecule has 0 saturated carbocycles. The summed E-state index contributed by atoms with van der Waals surface area (Å²) in [6.07, 6.45) is 3.33. The maximum atomic E-state index is 6.21. The highest BCUT2D eigenvalue weighted by atomic mass is 35.5. The van der Waals surface area contributed by atoms with Gasteiger partial charge in [0.1, 0.15) is 11.0 Å². The van der Waals surface area contributed by atoms with E-state index in [1.54, 1.807) is 18.5 Å². The molecule has 0 aliphatic heterocycles. The summed E-state index contributed by atoms with van der Waals surface area (Å²) in [7, 11) is 0. The Balaban J connectivity index is 2.18. The van der Waals surface area contributed by atoms with Gasteiger partial charge < -0.3 is 4.74 Å². The normalized spacial score (nSPS) is 10.8. The molecular formula is C13H11ClN4O. The third-order valence-corrected chi connectivity index (χ3v) is 2.99. The minimum Gasteiger partial charge on any atom is -0.477 e. The molecule has 3 aromatic rings. The van der Waals surface area contributed by atoms with Crippen LogP contribution in [0.3, 0.4) is 0 Å². The van der Waals surface area contributed by atoms with Crippen molar-refractivity contribution in [2.24, 2.45) is 0 Å². The van der Waals surface area contributed by atoms with E-state index in [0.717, 1.165) is 16.8 Å². The molecule has 6 heteroatoms. The van der Waals surface area contributed by atoms with Gasteiger partial charge in [-0.1, -0.05) is 11.6 Å². The topological polar surface area (TPSA) is 63.7 Å². The molecular weight excluding hydrogens is 264 g/mol. The molecule has 96 valence electrons. The van der Waals surface area contributed by atoms with Crippen LogP contribution in [0.4, 0.5) is 0 Å². The van der Waals surface area contributed by atoms with E-state index in [1.165, 1.54) is 0 Å². The maximum absolute atomic E-state index is 6.21. The molecule has 3 rings (SSSR count). The zero-order valence-corrected chi connectivity index (χ0v) is 11.0. The van der Waals surface area contributed by atoms with Gasteiger partial charge in [0.2, 0.25) is 5.88 Å². The number of nitrogens with one attached hydrogen (secondary N) is 1. The van der Waals surface area contributed by atoms with Gasteiger partial charge in [0.25, 0.3) is 0 Å². The van der Waals surface area contributed by atoms with E-state index in [0.29, 0.717) is 23.0 Å². The lowest BCUT2D eigenvalue weighted by Gasteiger charge is -2.08. The largest absolute Gasteiger partial charge is 0.477 e. The summed E-state index contributed by atoms with van der Waals surface area (Å²) in [6.45, 7) is 2.46. The van der Waals surface area contributed by atoms with Gasteiger partial charge in [-0.15, -0.1) is 0 Å². The van der Waals surface area contributed by atoms with Crippen molar-refractivity contribution in [3.8, 4) is 17.1 Å². The predicted octanol–water partition coefficient (Wildman–Crippen LogP) is 3.07. The summed E-state index contributed by atoms with van der Waals surface area (Å²) >= 11 is 6.21. The highest BCUT2D eigenvalue weighted by Crippen LogP contribution is 2.30. The molecule has 0 fully saturated rings. The molecule has 0 aliphatic rings. The van der Waals surface area contributed by atoms with Crippen LogP contribution in [0.25, 0.3) is 22.3 Å². The third-order valence-electron chi connectivity index (χ3n) is 2.69. The van der Waals surface area contributed by atoms with Crippen molar-refractivity contribution in [3.63, 3.8) is 0 Å². The number of fused-ring (bicyclic) bond motifs is 1. The van der Waals surface area contributed by atoms with Gasteiger partial charge >= 0.3 is 0 Å². The quantitative estimate of drug-likeness (QED) is 0.797. The number of hydrogen-bond acceptors (Lipinski definition) is 4. The third kappa shape index (κ3) is 2.13. The smallest absolute Gasteiger partial charge is 0.222 e. The average Bonchev–Trinajstić information content (AvgIpc) is 2.88. The number of hydrogen-bond donors (Lipinski definition) is 1. The van der Waals surface area contributed by atoms with Crippen LogP contribution in [0.5, 0.6) is 5.88 Å². The van der Waals surface area contributed by atoms with Gasteiger partial charge in [0, 0.05) is 6.20 Å². The second-order valence-electron chi connectivity index (χ2n) is 3.91. The Hall–Kier alpha value is -2.14. The van der Waals surface area contributed by atoms with E-state index in [9.17, 15) is 0 Å². The lowest BCUT2D eigenvalue weighted by Crippen LogP contribution is -1.97. The Bertz CT molecular complexity index is 725. The summed E-state index contributed by atoms with van der Waals surface area (Å²) in [5, 5.41) is 7.32. The minimum absolute atomic E-state index is 0.547. The van der Waals surface area contributed by atoms with Crippen molar-refractivity contribution in [2.75, 3.05) is 6.61 Å². The first-order valence-corrected chi connectivity index (χ1v) is 6.25. The highest BCUT2D eigenvalue weighted by molar-refractivity contribution is 6.35. The first-order chi connectivity index (χ1) is 9.29. The summed E-state index contributed by atoms with van der Waals surface area (Å²) in [5.41, 5.74) is 2.98. The lowest BCUT2D eigenvalue weighted by atomic mass is 10.1. The van der Waals surface area contributed by atoms with Crippen LogP contribution in [0.15, 0.2) is 30.6 Å². The van der Waals surface area contributed by atoms with E-state index in [1.807, 2.05) is 19.1 Å². The van der Waals surface area contributed by atoms with Crippen LogP contribution in [-0.4, -0.2) is 26.8 Å². The fraction of sp³-hybridized carbons (Fsp3) is 0.154. The molecule has 0 spiro atoms. The molecule has 19 heavy (non-hydrogen) atoms. The first-order valence-electron chi connectivity index (χ1n) is 5.87. The second kappa shape index (κ2) is 4.85. The Morgan fingerprint density at radius 1 is 1.42 bits per heavy atom. The Morgan fingerprint density at radius 2 is 2.32 bits per heavy atom. The monoisotopic (exact) mass is 274 g/mol.